The van der Waals surface area contributed by atoms with E-state index in [-0.39, 0.29) is 5.97 Å². The summed E-state index contributed by atoms with van der Waals surface area (Å²) >= 11 is 0. The summed E-state index contributed by atoms with van der Waals surface area (Å²) in [7, 11) is 0. The Bertz CT molecular complexity index is 665. The standard InChI is InChI=1S/C19H18O2/c1-19(2,3)21-18(20)17-13-11-16(12-14-17)10-9-15-7-5-4-6-8-15/h4-8,11-14H,1-3H3. The summed E-state index contributed by atoms with van der Waals surface area (Å²) in [5.74, 6) is 5.84. The molecule has 2 nitrogen and oxygen atoms in total. The Hall–Kier alpha value is -2.53. The van der Waals surface area contributed by atoms with Crippen molar-refractivity contribution in [1.29, 1.82) is 0 Å². The molecular weight excluding hydrogens is 260 g/mol. The van der Waals surface area contributed by atoms with E-state index in [1.165, 1.54) is 0 Å². The van der Waals surface area contributed by atoms with E-state index in [0.717, 1.165) is 11.1 Å². The van der Waals surface area contributed by atoms with Gasteiger partial charge in [0.2, 0.25) is 0 Å². The van der Waals surface area contributed by atoms with Gasteiger partial charge in [-0.15, -0.1) is 0 Å². The average molecular weight is 278 g/mol. The van der Waals surface area contributed by atoms with Crippen molar-refractivity contribution >= 4 is 5.97 Å². The third-order valence-corrected chi connectivity index (χ3v) is 2.64. The molecule has 2 heteroatoms. The van der Waals surface area contributed by atoms with Crippen molar-refractivity contribution in [3.05, 3.63) is 71.3 Å². The van der Waals surface area contributed by atoms with Crippen LogP contribution in [0.3, 0.4) is 0 Å². The van der Waals surface area contributed by atoms with E-state index in [1.54, 1.807) is 12.1 Å². The van der Waals surface area contributed by atoms with Gasteiger partial charge in [-0.3, -0.25) is 0 Å². The molecule has 0 amide bonds. The smallest absolute Gasteiger partial charge is 0.338 e. The molecule has 0 aromatic heterocycles. The summed E-state index contributed by atoms with van der Waals surface area (Å²) < 4.78 is 5.32. The van der Waals surface area contributed by atoms with Gasteiger partial charge < -0.3 is 4.74 Å². The number of carbonyl (C=O) groups excluding carboxylic acids is 1. The van der Waals surface area contributed by atoms with E-state index in [9.17, 15) is 4.79 Å². The van der Waals surface area contributed by atoms with E-state index >= 15 is 0 Å². The highest BCUT2D eigenvalue weighted by atomic mass is 16.6. The number of esters is 1. The molecule has 0 aliphatic carbocycles. The molecule has 0 atom stereocenters. The first-order valence-electron chi connectivity index (χ1n) is 6.84. The van der Waals surface area contributed by atoms with Gasteiger partial charge in [0.05, 0.1) is 5.56 Å². The molecule has 0 N–H and O–H groups in total. The second-order valence-corrected chi connectivity index (χ2v) is 5.70. The van der Waals surface area contributed by atoms with Crippen LogP contribution in [0.5, 0.6) is 0 Å². The van der Waals surface area contributed by atoms with Crippen molar-refractivity contribution < 1.29 is 9.53 Å². The molecule has 0 bridgehead atoms. The Morgan fingerprint density at radius 1 is 0.857 bits per heavy atom. The Kier molecular flexibility index (Phi) is 4.45. The first-order chi connectivity index (χ1) is 9.94. The molecule has 0 spiro atoms. The molecule has 0 fully saturated rings. The lowest BCUT2D eigenvalue weighted by molar-refractivity contribution is 0.00695. The molecule has 0 aliphatic rings. The molecule has 0 heterocycles. The molecule has 0 aliphatic heterocycles. The number of rotatable bonds is 1. The fourth-order valence-electron chi connectivity index (χ4n) is 1.69. The van der Waals surface area contributed by atoms with Gasteiger partial charge in [-0.2, -0.15) is 0 Å². The lowest BCUT2D eigenvalue weighted by atomic mass is 10.1. The summed E-state index contributed by atoms with van der Waals surface area (Å²) in [5, 5.41) is 0. The van der Waals surface area contributed by atoms with E-state index in [4.69, 9.17) is 4.74 Å². The fourth-order valence-corrected chi connectivity index (χ4v) is 1.69. The summed E-state index contributed by atoms with van der Waals surface area (Å²) in [6, 6.07) is 16.9. The Morgan fingerprint density at radius 3 is 1.90 bits per heavy atom. The quantitative estimate of drug-likeness (QED) is 0.581. The number of ether oxygens (including phenoxy) is 1. The molecule has 0 unspecified atom stereocenters. The second-order valence-electron chi connectivity index (χ2n) is 5.70. The second kappa shape index (κ2) is 6.28. The van der Waals surface area contributed by atoms with Crippen molar-refractivity contribution in [1.82, 2.24) is 0 Å². The van der Waals surface area contributed by atoms with Gasteiger partial charge in [-0.1, -0.05) is 30.0 Å². The van der Waals surface area contributed by atoms with Crippen LogP contribution in [0.1, 0.15) is 42.3 Å². The van der Waals surface area contributed by atoms with Crippen LogP contribution < -0.4 is 0 Å². The largest absolute Gasteiger partial charge is 0.456 e. The van der Waals surface area contributed by atoms with Gasteiger partial charge in [-0.05, 0) is 57.2 Å². The Balaban J connectivity index is 2.10. The van der Waals surface area contributed by atoms with Crippen LogP contribution in [0.2, 0.25) is 0 Å². The topological polar surface area (TPSA) is 26.3 Å². The minimum atomic E-state index is -0.483. The van der Waals surface area contributed by atoms with E-state index in [2.05, 4.69) is 11.8 Å². The van der Waals surface area contributed by atoms with Crippen molar-refractivity contribution in [2.75, 3.05) is 0 Å². The van der Waals surface area contributed by atoms with Crippen molar-refractivity contribution in [2.24, 2.45) is 0 Å². The molecule has 0 saturated heterocycles. The molecule has 21 heavy (non-hydrogen) atoms. The van der Waals surface area contributed by atoms with Crippen LogP contribution in [0.4, 0.5) is 0 Å². The molecule has 0 saturated carbocycles. The summed E-state index contributed by atoms with van der Waals surface area (Å²) in [6.45, 7) is 5.56. The minimum Gasteiger partial charge on any atom is -0.456 e. The highest BCUT2D eigenvalue weighted by Gasteiger charge is 2.17. The zero-order valence-corrected chi connectivity index (χ0v) is 12.5. The van der Waals surface area contributed by atoms with Gasteiger partial charge >= 0.3 is 5.97 Å². The highest BCUT2D eigenvalue weighted by molar-refractivity contribution is 5.89. The lowest BCUT2D eigenvalue weighted by Crippen LogP contribution is -2.23. The van der Waals surface area contributed by atoms with Gasteiger partial charge in [0, 0.05) is 11.1 Å². The normalized spacial score (nSPS) is 10.4. The molecular formula is C19H18O2. The third kappa shape index (κ3) is 4.81. The van der Waals surface area contributed by atoms with E-state index < -0.39 is 5.60 Å². The maximum absolute atomic E-state index is 11.9. The highest BCUT2D eigenvalue weighted by Crippen LogP contribution is 2.12. The SMILES string of the molecule is CC(C)(C)OC(=O)c1ccc(C#Cc2ccccc2)cc1. The van der Waals surface area contributed by atoms with Crippen LogP contribution >= 0.6 is 0 Å². The summed E-state index contributed by atoms with van der Waals surface area (Å²) in [5.41, 5.74) is 1.89. The summed E-state index contributed by atoms with van der Waals surface area (Å²) in [4.78, 5) is 11.9. The van der Waals surface area contributed by atoms with Gasteiger partial charge in [-0.25, -0.2) is 4.79 Å². The monoisotopic (exact) mass is 278 g/mol. The molecule has 106 valence electrons. The predicted octanol–water partition coefficient (Wildman–Crippen LogP) is 4.04. The predicted molar refractivity (Wildman–Crippen MR) is 84.0 cm³/mol. The first-order valence-corrected chi connectivity index (χ1v) is 6.84. The molecule has 2 rings (SSSR count). The third-order valence-electron chi connectivity index (χ3n) is 2.64. The van der Waals surface area contributed by atoms with Gasteiger partial charge in [0.15, 0.2) is 0 Å². The minimum absolute atomic E-state index is 0.315. The molecule has 0 radical (unpaired) electrons. The molecule has 2 aromatic carbocycles. The lowest BCUT2D eigenvalue weighted by Gasteiger charge is -2.19. The first kappa shape index (κ1) is 14.9. The van der Waals surface area contributed by atoms with Crippen molar-refractivity contribution in [3.8, 4) is 11.8 Å². The Labute approximate surface area is 125 Å². The molecule has 2 aromatic rings. The van der Waals surface area contributed by atoms with Crippen LogP contribution in [0.25, 0.3) is 0 Å². The fraction of sp³-hybridized carbons (Fsp3) is 0.211. The number of hydrogen-bond donors (Lipinski definition) is 0. The van der Waals surface area contributed by atoms with Crippen molar-refractivity contribution in [2.45, 2.75) is 26.4 Å². The number of hydrogen-bond acceptors (Lipinski definition) is 2. The van der Waals surface area contributed by atoms with Gasteiger partial charge in [0.25, 0.3) is 0 Å². The average Bonchev–Trinajstić information content (AvgIpc) is 2.45. The van der Waals surface area contributed by atoms with Crippen LogP contribution in [0.15, 0.2) is 54.6 Å². The van der Waals surface area contributed by atoms with Crippen LogP contribution in [0, 0.1) is 11.8 Å². The zero-order valence-electron chi connectivity index (χ0n) is 12.5. The van der Waals surface area contributed by atoms with E-state index in [0.29, 0.717) is 5.56 Å². The Morgan fingerprint density at radius 2 is 1.38 bits per heavy atom. The van der Waals surface area contributed by atoms with Gasteiger partial charge in [0.1, 0.15) is 5.60 Å². The van der Waals surface area contributed by atoms with E-state index in [1.807, 2.05) is 63.2 Å². The number of carbonyl (C=O) groups is 1. The number of benzene rings is 2. The zero-order chi connectivity index (χ0) is 15.3. The maximum atomic E-state index is 11.9. The summed E-state index contributed by atoms with van der Waals surface area (Å²) in [6.07, 6.45) is 0. The van der Waals surface area contributed by atoms with Crippen LogP contribution in [-0.2, 0) is 4.74 Å². The maximum Gasteiger partial charge on any atom is 0.338 e. The van der Waals surface area contributed by atoms with Crippen molar-refractivity contribution in [3.63, 3.8) is 0 Å². The van der Waals surface area contributed by atoms with Crippen LogP contribution in [-0.4, -0.2) is 11.6 Å².